The zero-order chi connectivity index (χ0) is 47.1. The minimum Gasteiger partial charge on any atom is -0.455 e. The summed E-state index contributed by atoms with van der Waals surface area (Å²) in [5, 5.41) is 2.24. The maximum atomic E-state index is 6.82. The minimum absolute atomic E-state index is 0.0226. The lowest BCUT2D eigenvalue weighted by atomic mass is 9.30. The zero-order valence-electron chi connectivity index (χ0n) is 39.6. The monoisotopic (exact) mass is 925 g/mol. The molecule has 0 saturated heterocycles. The minimum atomic E-state index is -0.0658. The predicted molar refractivity (Wildman–Crippen MR) is 302 cm³/mol. The van der Waals surface area contributed by atoms with E-state index >= 15 is 0 Å². The summed E-state index contributed by atoms with van der Waals surface area (Å²) >= 11 is 1.93. The average Bonchev–Trinajstić information content (AvgIpc) is 3.80. The first-order chi connectivity index (χ1) is 34.9. The third kappa shape index (κ3) is 5.90. The van der Waals surface area contributed by atoms with E-state index in [0.29, 0.717) is 0 Å². The van der Waals surface area contributed by atoms with Crippen molar-refractivity contribution in [2.75, 3.05) is 14.7 Å². The van der Waals surface area contributed by atoms with Crippen molar-refractivity contribution in [3.05, 3.63) is 224 Å². The molecule has 15 rings (SSSR count). The second kappa shape index (κ2) is 15.2. The smallest absolute Gasteiger partial charge is 0.252 e. The molecular weight excluding hydrogens is 880 g/mol. The van der Waals surface area contributed by atoms with Crippen LogP contribution in [0.15, 0.2) is 233 Å². The molecule has 11 aromatic rings. The number of anilines is 9. The van der Waals surface area contributed by atoms with Crippen LogP contribution in [0.5, 0.6) is 0 Å². The number of hydrogen-bond donors (Lipinski definition) is 0. The lowest BCUT2D eigenvalue weighted by molar-refractivity contribution is 0.589. The molecule has 10 aromatic carbocycles. The molecule has 0 saturated carbocycles. The Morgan fingerprint density at radius 2 is 0.944 bits per heavy atom. The van der Waals surface area contributed by atoms with Crippen molar-refractivity contribution >= 4 is 131 Å². The van der Waals surface area contributed by atoms with Crippen LogP contribution in [-0.2, 0) is 5.41 Å². The highest BCUT2D eigenvalue weighted by Crippen LogP contribution is 2.50. The van der Waals surface area contributed by atoms with Crippen molar-refractivity contribution in [2.45, 2.75) is 36.0 Å². The third-order valence-electron chi connectivity index (χ3n) is 15.4. The molecule has 0 amide bonds. The van der Waals surface area contributed by atoms with E-state index in [1.54, 1.807) is 0 Å². The molecule has 71 heavy (non-hydrogen) atoms. The molecule has 0 radical (unpaired) electrons. The molecule has 0 fully saturated rings. The average molecular weight is 926 g/mol. The van der Waals surface area contributed by atoms with Gasteiger partial charge in [-0.2, -0.15) is 0 Å². The van der Waals surface area contributed by atoms with Gasteiger partial charge in [-0.05, 0) is 117 Å². The summed E-state index contributed by atoms with van der Waals surface area (Å²) < 4.78 is 6.82. The highest BCUT2D eigenvalue weighted by Gasteiger charge is 2.47. The largest absolute Gasteiger partial charge is 0.455 e. The molecular formula is C64H45B2N3OS. The van der Waals surface area contributed by atoms with Crippen LogP contribution in [0, 0.1) is 0 Å². The number of hydrogen-bond acceptors (Lipinski definition) is 5. The molecule has 334 valence electrons. The van der Waals surface area contributed by atoms with Gasteiger partial charge in [-0.25, -0.2) is 0 Å². The lowest BCUT2D eigenvalue weighted by Gasteiger charge is -2.46. The number of fused-ring (bicyclic) bond motifs is 11. The molecule has 5 heterocycles. The molecule has 0 atom stereocenters. The normalized spacial score (nSPS) is 13.9. The number of rotatable bonds is 4. The summed E-state index contributed by atoms with van der Waals surface area (Å²) in [6, 6.07) is 81.2. The molecule has 0 unspecified atom stereocenters. The second-order valence-electron chi connectivity index (χ2n) is 20.4. The number of nitrogens with zero attached hydrogens (tertiary/aromatic N) is 3. The van der Waals surface area contributed by atoms with Crippen LogP contribution in [0.25, 0.3) is 33.1 Å². The van der Waals surface area contributed by atoms with Gasteiger partial charge in [0.2, 0.25) is 6.71 Å². The van der Waals surface area contributed by atoms with Crippen molar-refractivity contribution in [1.29, 1.82) is 0 Å². The first kappa shape index (κ1) is 40.7. The molecule has 4 aliphatic heterocycles. The number of benzene rings is 10. The molecule has 4 nitrogen and oxygen atoms in total. The summed E-state index contributed by atoms with van der Waals surface area (Å²) in [6.45, 7) is 6.99. The molecule has 7 heteroatoms. The fourth-order valence-corrected chi connectivity index (χ4v) is 13.5. The Morgan fingerprint density at radius 3 is 1.72 bits per heavy atom. The van der Waals surface area contributed by atoms with Gasteiger partial charge in [-0.15, -0.1) is 0 Å². The van der Waals surface area contributed by atoms with Gasteiger partial charge < -0.3 is 19.1 Å². The van der Waals surface area contributed by atoms with Crippen LogP contribution in [0.2, 0.25) is 0 Å². The first-order valence-corrected chi connectivity index (χ1v) is 25.6. The Hall–Kier alpha value is -8.12. The van der Waals surface area contributed by atoms with E-state index < -0.39 is 0 Å². The number of para-hydroxylation sites is 6. The van der Waals surface area contributed by atoms with E-state index in [0.717, 1.165) is 50.1 Å². The summed E-state index contributed by atoms with van der Waals surface area (Å²) in [5.74, 6) is 0. The Kier molecular flexibility index (Phi) is 8.71. The van der Waals surface area contributed by atoms with Crippen molar-refractivity contribution in [1.82, 2.24) is 0 Å². The highest BCUT2D eigenvalue weighted by molar-refractivity contribution is 8.00. The Bertz CT molecular complexity index is 4010. The van der Waals surface area contributed by atoms with Gasteiger partial charge in [-0.1, -0.05) is 178 Å². The van der Waals surface area contributed by atoms with Gasteiger partial charge in [0.1, 0.15) is 11.2 Å². The van der Waals surface area contributed by atoms with Gasteiger partial charge in [0, 0.05) is 77.2 Å². The van der Waals surface area contributed by atoms with E-state index in [1.165, 1.54) is 82.3 Å². The standard InChI is InChI=1S/C64H45B2N3OS/c1-64(2,3)40-36-57-62-60(37-40)71-59-35-17-13-29-48(59)66(62)49-38-50-56(39-55(49)68(57)42-22-8-5-9-23-42)69(51-30-14-10-24-43(51)45-26-18-27-46-44-25-11-16-34-58(44)70-63(45)46)54-33-19-32-53-61(54)65(50)47-28-12-15-31-52(47)67(53)41-20-6-4-7-21-41/h4-39H,1-3H3. The summed E-state index contributed by atoms with van der Waals surface area (Å²) in [5.41, 5.74) is 23.7. The molecule has 0 N–H and O–H groups in total. The molecule has 4 aliphatic rings. The topological polar surface area (TPSA) is 22.9 Å². The Morgan fingerprint density at radius 1 is 0.380 bits per heavy atom. The SMILES string of the molecule is CC(C)(C)c1cc2c3c(c1)N(c1ccccc1)c1cc4c(cc1B3c1ccccc1S2)B1c2ccccc2N(c2ccccc2)c2cccc(c21)N4c1ccccc1-c1cccc2c1oc1ccccc12. The summed E-state index contributed by atoms with van der Waals surface area (Å²) in [7, 11) is 0. The predicted octanol–water partition coefficient (Wildman–Crippen LogP) is 13.4. The van der Waals surface area contributed by atoms with Crippen molar-refractivity contribution in [2.24, 2.45) is 0 Å². The fraction of sp³-hybridized carbons (Fsp3) is 0.0625. The Labute approximate surface area is 419 Å². The van der Waals surface area contributed by atoms with Crippen LogP contribution >= 0.6 is 11.8 Å². The van der Waals surface area contributed by atoms with Crippen molar-refractivity contribution < 1.29 is 4.42 Å². The van der Waals surface area contributed by atoms with Gasteiger partial charge >= 0.3 is 0 Å². The van der Waals surface area contributed by atoms with E-state index in [-0.39, 0.29) is 18.8 Å². The summed E-state index contributed by atoms with van der Waals surface area (Å²) in [4.78, 5) is 10.3. The third-order valence-corrected chi connectivity index (χ3v) is 16.6. The van der Waals surface area contributed by atoms with Crippen LogP contribution in [0.1, 0.15) is 26.3 Å². The molecule has 1 aromatic heterocycles. The molecule has 0 aliphatic carbocycles. The fourth-order valence-electron chi connectivity index (χ4n) is 12.3. The molecule has 0 bridgehead atoms. The van der Waals surface area contributed by atoms with E-state index in [1.807, 2.05) is 11.8 Å². The van der Waals surface area contributed by atoms with Crippen molar-refractivity contribution in [3.8, 4) is 11.1 Å². The first-order valence-electron chi connectivity index (χ1n) is 24.7. The van der Waals surface area contributed by atoms with Gasteiger partial charge in [0.25, 0.3) is 6.71 Å². The van der Waals surface area contributed by atoms with E-state index in [9.17, 15) is 0 Å². The van der Waals surface area contributed by atoms with E-state index in [4.69, 9.17) is 4.42 Å². The number of furan rings is 1. The van der Waals surface area contributed by atoms with Crippen LogP contribution in [0.3, 0.4) is 0 Å². The van der Waals surface area contributed by atoms with Gasteiger partial charge in [0.05, 0.1) is 5.69 Å². The van der Waals surface area contributed by atoms with Gasteiger partial charge in [0.15, 0.2) is 0 Å². The quantitative estimate of drug-likeness (QED) is 0.164. The Balaban J connectivity index is 1.07. The second-order valence-corrected chi connectivity index (χ2v) is 21.5. The lowest BCUT2D eigenvalue weighted by Crippen LogP contribution is -2.64. The van der Waals surface area contributed by atoms with Gasteiger partial charge in [-0.3, -0.25) is 0 Å². The maximum absolute atomic E-state index is 6.82. The zero-order valence-corrected chi connectivity index (χ0v) is 40.4. The van der Waals surface area contributed by atoms with Crippen LogP contribution in [-0.4, -0.2) is 13.4 Å². The van der Waals surface area contributed by atoms with Crippen LogP contribution < -0.4 is 47.5 Å². The van der Waals surface area contributed by atoms with Crippen LogP contribution in [0.4, 0.5) is 51.2 Å². The summed E-state index contributed by atoms with van der Waals surface area (Å²) in [6.07, 6.45) is 0. The van der Waals surface area contributed by atoms with E-state index in [2.05, 4.69) is 254 Å². The maximum Gasteiger partial charge on any atom is 0.252 e. The highest BCUT2D eigenvalue weighted by atomic mass is 32.2. The molecule has 0 spiro atoms. The van der Waals surface area contributed by atoms with Crippen molar-refractivity contribution in [3.63, 3.8) is 0 Å².